The van der Waals surface area contributed by atoms with E-state index in [1.807, 2.05) is 5.32 Å². The van der Waals surface area contributed by atoms with Gasteiger partial charge in [-0.1, -0.05) is 12.1 Å². The summed E-state index contributed by atoms with van der Waals surface area (Å²) < 4.78 is 58.0. The van der Waals surface area contributed by atoms with Gasteiger partial charge in [-0.05, 0) is 30.5 Å². The molecule has 2 rings (SSSR count). The van der Waals surface area contributed by atoms with Gasteiger partial charge in [-0.15, -0.1) is 11.3 Å². The number of carbonyl (C=O) groups excluding carboxylic acids is 2. The maximum Gasteiger partial charge on any atom is 0.307 e. The Hall–Kier alpha value is -2.37. The minimum Gasteiger partial charge on any atom is -0.452 e. The van der Waals surface area contributed by atoms with Crippen molar-refractivity contribution in [1.29, 1.82) is 0 Å². The molecule has 1 aromatic heterocycles. The summed E-state index contributed by atoms with van der Waals surface area (Å²) in [5.74, 6) is -3.71. The lowest BCUT2D eigenvalue weighted by Gasteiger charge is -2.14. The van der Waals surface area contributed by atoms with Crippen molar-refractivity contribution >= 4 is 38.9 Å². The summed E-state index contributed by atoms with van der Waals surface area (Å²) in [5.41, 5.74) is -0.644. The van der Waals surface area contributed by atoms with E-state index in [4.69, 9.17) is 4.74 Å². The van der Waals surface area contributed by atoms with E-state index in [0.29, 0.717) is 0 Å². The molecule has 1 amide bonds. The van der Waals surface area contributed by atoms with Crippen LogP contribution in [0.25, 0.3) is 0 Å². The Morgan fingerprint density at radius 2 is 1.85 bits per heavy atom. The molecule has 0 aliphatic rings. The Morgan fingerprint density at radius 3 is 2.44 bits per heavy atom. The van der Waals surface area contributed by atoms with Crippen LogP contribution in [0.2, 0.25) is 0 Å². The highest BCUT2D eigenvalue weighted by Gasteiger charge is 2.21. The summed E-state index contributed by atoms with van der Waals surface area (Å²) in [7, 11) is -3.71. The standard InChI is InChI=1S/C16H16F2N2O5S2/c1-10(16(22)20-15-11(17)4-2-5-12(15)18)25-13(21)7-8-19-27(23,24)14-6-3-9-26-14/h2-6,9-10,19H,7-8H2,1H3,(H,20,22). The van der Waals surface area contributed by atoms with Crippen molar-refractivity contribution in [2.24, 2.45) is 0 Å². The van der Waals surface area contributed by atoms with Crippen molar-refractivity contribution < 1.29 is 31.5 Å². The molecule has 0 fully saturated rings. The third-order valence-electron chi connectivity index (χ3n) is 3.27. The molecule has 0 saturated carbocycles. The molecule has 1 unspecified atom stereocenters. The summed E-state index contributed by atoms with van der Waals surface area (Å²) in [6, 6.07) is 6.07. The molecule has 0 aliphatic heterocycles. The highest BCUT2D eigenvalue weighted by molar-refractivity contribution is 7.91. The molecule has 0 spiro atoms. The number of sulfonamides is 1. The van der Waals surface area contributed by atoms with Crippen molar-refractivity contribution in [3.05, 3.63) is 47.3 Å². The second kappa shape index (κ2) is 9.02. The van der Waals surface area contributed by atoms with Crippen LogP contribution in [0.3, 0.4) is 0 Å². The molecule has 27 heavy (non-hydrogen) atoms. The number of thiophene rings is 1. The maximum absolute atomic E-state index is 13.5. The maximum atomic E-state index is 13.5. The van der Waals surface area contributed by atoms with Gasteiger partial charge in [-0.25, -0.2) is 21.9 Å². The first-order chi connectivity index (χ1) is 12.7. The first kappa shape index (κ1) is 20.9. The van der Waals surface area contributed by atoms with Gasteiger partial charge in [0.2, 0.25) is 10.0 Å². The van der Waals surface area contributed by atoms with Gasteiger partial charge in [-0.3, -0.25) is 9.59 Å². The second-order valence-electron chi connectivity index (χ2n) is 5.30. The van der Waals surface area contributed by atoms with Gasteiger partial charge in [-0.2, -0.15) is 0 Å². The van der Waals surface area contributed by atoms with E-state index in [2.05, 4.69) is 4.72 Å². The Balaban J connectivity index is 1.82. The average Bonchev–Trinajstić information content (AvgIpc) is 3.13. The van der Waals surface area contributed by atoms with Crippen LogP contribution in [0.15, 0.2) is 39.9 Å². The molecule has 1 aromatic carbocycles. The number of halogens is 2. The molecule has 2 N–H and O–H groups in total. The Labute approximate surface area is 158 Å². The van der Waals surface area contributed by atoms with Gasteiger partial charge in [0.15, 0.2) is 6.10 Å². The van der Waals surface area contributed by atoms with Gasteiger partial charge < -0.3 is 10.1 Å². The van der Waals surface area contributed by atoms with Crippen molar-refractivity contribution in [1.82, 2.24) is 4.72 Å². The van der Waals surface area contributed by atoms with Gasteiger partial charge in [0.1, 0.15) is 21.5 Å². The first-order valence-electron chi connectivity index (χ1n) is 7.68. The van der Waals surface area contributed by atoms with Crippen LogP contribution in [-0.2, 0) is 24.3 Å². The number of para-hydroxylation sites is 1. The molecule has 0 aliphatic carbocycles. The summed E-state index contributed by atoms with van der Waals surface area (Å²) in [4.78, 5) is 23.6. The zero-order valence-corrected chi connectivity index (χ0v) is 15.7. The number of ether oxygens (including phenoxy) is 1. The first-order valence-corrected chi connectivity index (χ1v) is 10.0. The van der Waals surface area contributed by atoms with Crippen molar-refractivity contribution in [3.63, 3.8) is 0 Å². The fourth-order valence-corrected chi connectivity index (χ4v) is 4.00. The second-order valence-corrected chi connectivity index (χ2v) is 8.24. The third kappa shape index (κ3) is 5.81. The van der Waals surface area contributed by atoms with Crippen LogP contribution in [0.5, 0.6) is 0 Å². The van der Waals surface area contributed by atoms with E-state index in [-0.39, 0.29) is 17.2 Å². The zero-order valence-electron chi connectivity index (χ0n) is 14.1. The van der Waals surface area contributed by atoms with Gasteiger partial charge >= 0.3 is 5.97 Å². The smallest absolute Gasteiger partial charge is 0.307 e. The van der Waals surface area contributed by atoms with E-state index in [0.717, 1.165) is 29.5 Å². The van der Waals surface area contributed by atoms with Crippen molar-refractivity contribution in [2.45, 2.75) is 23.7 Å². The molecule has 0 bridgehead atoms. The number of hydrogen-bond acceptors (Lipinski definition) is 6. The minimum absolute atomic E-state index is 0.107. The van der Waals surface area contributed by atoms with Crippen LogP contribution < -0.4 is 10.0 Å². The van der Waals surface area contributed by atoms with Crippen LogP contribution >= 0.6 is 11.3 Å². The largest absolute Gasteiger partial charge is 0.452 e. The number of amides is 1. The SMILES string of the molecule is CC(OC(=O)CCNS(=O)(=O)c1cccs1)C(=O)Nc1c(F)cccc1F. The third-order valence-corrected chi connectivity index (χ3v) is 6.13. The minimum atomic E-state index is -3.71. The predicted molar refractivity (Wildman–Crippen MR) is 94.7 cm³/mol. The monoisotopic (exact) mass is 418 g/mol. The number of esters is 1. The normalized spacial score (nSPS) is 12.4. The van der Waals surface area contributed by atoms with Gasteiger partial charge in [0.05, 0.1) is 6.42 Å². The van der Waals surface area contributed by atoms with E-state index in [9.17, 15) is 26.8 Å². The molecular weight excluding hydrogens is 402 g/mol. The van der Waals surface area contributed by atoms with Crippen LogP contribution in [0, 0.1) is 11.6 Å². The number of hydrogen-bond donors (Lipinski definition) is 2. The molecule has 2 aromatic rings. The molecule has 146 valence electrons. The highest BCUT2D eigenvalue weighted by atomic mass is 32.2. The molecule has 1 heterocycles. The number of anilines is 1. The number of carbonyl (C=O) groups is 2. The van der Waals surface area contributed by atoms with E-state index < -0.39 is 45.3 Å². The molecule has 1 atom stereocenters. The lowest BCUT2D eigenvalue weighted by Crippen LogP contribution is -2.32. The summed E-state index contributed by atoms with van der Waals surface area (Å²) in [6.07, 6.45) is -1.65. The fourth-order valence-electron chi connectivity index (χ4n) is 1.93. The number of benzene rings is 1. The lowest BCUT2D eigenvalue weighted by atomic mass is 10.2. The van der Waals surface area contributed by atoms with Crippen LogP contribution in [0.1, 0.15) is 13.3 Å². The predicted octanol–water partition coefficient (Wildman–Crippen LogP) is 2.27. The fraction of sp³-hybridized carbons (Fsp3) is 0.250. The Kier molecular flexibility index (Phi) is 6.99. The van der Waals surface area contributed by atoms with Gasteiger partial charge in [0.25, 0.3) is 5.91 Å². The quantitative estimate of drug-likeness (QED) is 0.641. The van der Waals surface area contributed by atoms with Crippen molar-refractivity contribution in [2.75, 3.05) is 11.9 Å². The molecular formula is C16H16F2N2O5S2. The van der Waals surface area contributed by atoms with Crippen LogP contribution in [0.4, 0.5) is 14.5 Å². The number of nitrogens with one attached hydrogen (secondary N) is 2. The Bertz CT molecular complexity index is 897. The van der Waals surface area contributed by atoms with E-state index in [1.165, 1.54) is 13.0 Å². The topological polar surface area (TPSA) is 102 Å². The van der Waals surface area contributed by atoms with Crippen molar-refractivity contribution in [3.8, 4) is 0 Å². The molecule has 0 saturated heterocycles. The lowest BCUT2D eigenvalue weighted by molar-refractivity contribution is -0.152. The van der Waals surface area contributed by atoms with Crippen LogP contribution in [-0.4, -0.2) is 32.9 Å². The molecule has 11 heteroatoms. The summed E-state index contributed by atoms with van der Waals surface area (Å²) in [6.45, 7) is 0.997. The summed E-state index contributed by atoms with van der Waals surface area (Å²) in [5, 5.41) is 3.60. The highest BCUT2D eigenvalue weighted by Crippen LogP contribution is 2.18. The molecule has 7 nitrogen and oxygen atoms in total. The Morgan fingerprint density at radius 1 is 1.19 bits per heavy atom. The molecule has 0 radical (unpaired) electrons. The zero-order chi connectivity index (χ0) is 20.0. The number of rotatable bonds is 8. The summed E-state index contributed by atoms with van der Waals surface area (Å²) >= 11 is 1.03. The van der Waals surface area contributed by atoms with E-state index in [1.54, 1.807) is 11.4 Å². The average molecular weight is 418 g/mol. The van der Waals surface area contributed by atoms with Gasteiger partial charge in [0, 0.05) is 6.54 Å². The van der Waals surface area contributed by atoms with E-state index >= 15 is 0 Å².